The normalized spacial score (nSPS) is 17.1. The van der Waals surface area contributed by atoms with Crippen molar-refractivity contribution in [1.82, 2.24) is 4.90 Å². The van der Waals surface area contributed by atoms with Gasteiger partial charge in [-0.2, -0.15) is 0 Å². The van der Waals surface area contributed by atoms with E-state index in [-0.39, 0.29) is 28.1 Å². The van der Waals surface area contributed by atoms with Gasteiger partial charge in [-0.25, -0.2) is 14.6 Å². The van der Waals surface area contributed by atoms with Gasteiger partial charge in [-0.3, -0.25) is 9.69 Å². The molecule has 3 rings (SSSR count). The summed E-state index contributed by atoms with van der Waals surface area (Å²) >= 11 is 1.07. The Bertz CT molecular complexity index is 1140. The molecule has 1 aliphatic rings. The number of aliphatic carboxylic acids is 1. The number of nitrogens with zero attached hydrogens (tertiary/aromatic N) is 2. The number of thioether (sulfide) groups is 1. The Kier molecular flexibility index (Phi) is 6.84. The van der Waals surface area contributed by atoms with Gasteiger partial charge in [0.05, 0.1) is 16.2 Å². The Morgan fingerprint density at radius 3 is 2.62 bits per heavy atom. The number of carboxylic acids is 2. The molecule has 0 aliphatic carbocycles. The largest absolute Gasteiger partial charge is 0.508 e. The molecule has 10 heteroatoms. The van der Waals surface area contributed by atoms with Gasteiger partial charge in [0.2, 0.25) is 0 Å². The lowest BCUT2D eigenvalue weighted by molar-refractivity contribution is -0.145. The van der Waals surface area contributed by atoms with Gasteiger partial charge in [0.15, 0.2) is 11.3 Å². The van der Waals surface area contributed by atoms with E-state index in [1.54, 1.807) is 37.3 Å². The van der Waals surface area contributed by atoms with E-state index in [1.807, 2.05) is 0 Å². The number of amides is 1. The van der Waals surface area contributed by atoms with E-state index < -0.39 is 18.0 Å². The quantitative estimate of drug-likeness (QED) is 0.538. The minimum atomic E-state index is -1.25. The van der Waals surface area contributed by atoms with Crippen molar-refractivity contribution in [3.05, 3.63) is 58.5 Å². The molecule has 32 heavy (non-hydrogen) atoms. The summed E-state index contributed by atoms with van der Waals surface area (Å²) in [6, 6.07) is 10.5. The van der Waals surface area contributed by atoms with Gasteiger partial charge in [0.1, 0.15) is 11.5 Å². The van der Waals surface area contributed by atoms with Crippen LogP contribution in [-0.2, 0) is 9.59 Å². The zero-order valence-corrected chi connectivity index (χ0v) is 18.0. The van der Waals surface area contributed by atoms with Crippen molar-refractivity contribution in [1.29, 1.82) is 0 Å². The van der Waals surface area contributed by atoms with E-state index in [1.165, 1.54) is 24.1 Å². The maximum absolute atomic E-state index is 12.7. The molecule has 0 bridgehead atoms. The first-order valence-corrected chi connectivity index (χ1v) is 10.3. The predicted molar refractivity (Wildman–Crippen MR) is 119 cm³/mol. The first-order chi connectivity index (χ1) is 15.2. The van der Waals surface area contributed by atoms with Crippen molar-refractivity contribution in [2.45, 2.75) is 19.4 Å². The summed E-state index contributed by atoms with van der Waals surface area (Å²) in [6.45, 7) is 1.71. The van der Waals surface area contributed by atoms with Crippen LogP contribution in [0.1, 0.15) is 29.3 Å². The average molecular weight is 456 g/mol. The molecule has 9 nitrogen and oxygen atoms in total. The molecule has 1 fully saturated rings. The van der Waals surface area contributed by atoms with Gasteiger partial charge in [-0.1, -0.05) is 19.1 Å². The fraction of sp³-hybridized carbons (Fsp3) is 0.182. The Hall–Kier alpha value is -3.79. The van der Waals surface area contributed by atoms with Crippen molar-refractivity contribution in [2.24, 2.45) is 4.99 Å². The Morgan fingerprint density at radius 1 is 1.22 bits per heavy atom. The summed E-state index contributed by atoms with van der Waals surface area (Å²) in [6.07, 6.45) is 0.948. The summed E-state index contributed by atoms with van der Waals surface area (Å²) in [7, 11) is 1.52. The van der Waals surface area contributed by atoms with Crippen LogP contribution in [0.4, 0.5) is 5.69 Å². The van der Waals surface area contributed by atoms with Crippen molar-refractivity contribution in [3.63, 3.8) is 0 Å². The van der Waals surface area contributed by atoms with Crippen LogP contribution in [0.15, 0.2) is 52.4 Å². The third kappa shape index (κ3) is 5.09. The van der Waals surface area contributed by atoms with E-state index in [9.17, 15) is 24.6 Å². The van der Waals surface area contributed by atoms with Crippen molar-refractivity contribution in [3.8, 4) is 11.5 Å². The number of likely N-dealkylation sites (N-methyl/N-ethyl adjacent to an activating group) is 1. The summed E-state index contributed by atoms with van der Waals surface area (Å²) in [5, 5.41) is 28.3. The monoisotopic (exact) mass is 456 g/mol. The Balaban J connectivity index is 1.88. The fourth-order valence-corrected chi connectivity index (χ4v) is 3.83. The van der Waals surface area contributed by atoms with Crippen LogP contribution < -0.4 is 4.74 Å². The third-order valence-electron chi connectivity index (χ3n) is 4.51. The van der Waals surface area contributed by atoms with Crippen LogP contribution in [0.2, 0.25) is 0 Å². The zero-order chi connectivity index (χ0) is 23.4. The summed E-state index contributed by atoms with van der Waals surface area (Å²) in [5.41, 5.74) is 0.544. The third-order valence-corrected chi connectivity index (χ3v) is 5.57. The number of hydrogen-bond acceptors (Lipinski definition) is 7. The number of rotatable bonds is 7. The Morgan fingerprint density at radius 2 is 1.97 bits per heavy atom. The number of aliphatic imine (C=N–C) groups is 1. The van der Waals surface area contributed by atoms with Crippen LogP contribution in [0.5, 0.6) is 11.5 Å². The van der Waals surface area contributed by atoms with Crippen molar-refractivity contribution in [2.75, 3.05) is 7.05 Å². The number of amidine groups is 1. The van der Waals surface area contributed by atoms with E-state index in [4.69, 9.17) is 9.84 Å². The SMILES string of the molecule is CCC(Oc1cccc(/C=C2\SC(=Nc3ccc(O)cc3C(=O)O)N(C)C2=O)c1)C(=O)O. The second-order valence-corrected chi connectivity index (χ2v) is 7.81. The molecule has 1 saturated heterocycles. The highest BCUT2D eigenvalue weighted by atomic mass is 32.2. The van der Waals surface area contributed by atoms with Gasteiger partial charge >= 0.3 is 11.9 Å². The summed E-state index contributed by atoms with van der Waals surface area (Å²) in [4.78, 5) is 41.3. The van der Waals surface area contributed by atoms with Crippen LogP contribution >= 0.6 is 11.8 Å². The smallest absolute Gasteiger partial charge is 0.344 e. The number of carboxylic acid groups (broad SMARTS) is 2. The number of aromatic carboxylic acids is 1. The lowest BCUT2D eigenvalue weighted by Crippen LogP contribution is -2.25. The molecule has 2 aromatic carbocycles. The second kappa shape index (κ2) is 9.56. The minimum Gasteiger partial charge on any atom is -0.508 e. The molecule has 1 amide bonds. The molecule has 1 atom stereocenters. The number of hydrogen-bond donors (Lipinski definition) is 3. The van der Waals surface area contributed by atoms with Gasteiger partial charge in [-0.15, -0.1) is 0 Å². The minimum absolute atomic E-state index is 0.105. The molecule has 0 radical (unpaired) electrons. The maximum atomic E-state index is 12.7. The van der Waals surface area contributed by atoms with Gasteiger partial charge in [-0.05, 0) is 60.2 Å². The predicted octanol–water partition coefficient (Wildman–Crippen LogP) is 3.57. The Labute approximate surface area is 187 Å². The highest BCUT2D eigenvalue weighted by Crippen LogP contribution is 2.35. The molecule has 1 unspecified atom stereocenters. The van der Waals surface area contributed by atoms with Gasteiger partial charge in [0.25, 0.3) is 5.91 Å². The van der Waals surface area contributed by atoms with E-state index >= 15 is 0 Å². The number of carbonyl (C=O) groups is 3. The number of phenols is 1. The van der Waals surface area contributed by atoms with Crippen LogP contribution in [0, 0.1) is 0 Å². The van der Waals surface area contributed by atoms with Crippen molar-refractivity contribution >= 4 is 46.5 Å². The number of carbonyl (C=O) groups excluding carboxylic acids is 1. The standard InChI is InChI=1S/C22H20N2O7S/c1-3-17(21(29)30)31-14-6-4-5-12(9-14)10-18-19(26)24(2)22(32-18)23-16-8-7-13(25)11-15(16)20(27)28/h4-11,17,25H,3H2,1-2H3,(H,27,28)(H,29,30)/b18-10-,23-22?. The van der Waals surface area contributed by atoms with E-state index in [0.717, 1.165) is 17.8 Å². The highest BCUT2D eigenvalue weighted by Gasteiger charge is 2.31. The maximum Gasteiger partial charge on any atom is 0.344 e. The lowest BCUT2D eigenvalue weighted by atomic mass is 10.2. The molecule has 0 aromatic heterocycles. The topological polar surface area (TPSA) is 137 Å². The summed E-state index contributed by atoms with van der Waals surface area (Å²) < 4.78 is 5.49. The number of phenolic OH excluding ortho intramolecular Hbond substituents is 1. The average Bonchev–Trinajstić information content (AvgIpc) is 3.01. The van der Waals surface area contributed by atoms with Crippen molar-refractivity contribution < 1.29 is 34.4 Å². The van der Waals surface area contributed by atoms with E-state index in [2.05, 4.69) is 4.99 Å². The molecule has 0 spiro atoms. The first-order valence-electron chi connectivity index (χ1n) is 9.51. The van der Waals surface area contributed by atoms with Crippen LogP contribution in [0.25, 0.3) is 6.08 Å². The first kappa shape index (κ1) is 22.9. The number of aromatic hydroxyl groups is 1. The number of benzene rings is 2. The molecular weight excluding hydrogens is 436 g/mol. The van der Waals surface area contributed by atoms with Gasteiger partial charge < -0.3 is 20.1 Å². The molecule has 2 aromatic rings. The fourth-order valence-electron chi connectivity index (χ4n) is 2.85. The van der Waals surface area contributed by atoms with E-state index in [0.29, 0.717) is 22.6 Å². The molecule has 166 valence electrons. The lowest BCUT2D eigenvalue weighted by Gasteiger charge is -2.13. The number of ether oxygens (including phenoxy) is 1. The second-order valence-electron chi connectivity index (χ2n) is 6.80. The van der Waals surface area contributed by atoms with Gasteiger partial charge in [0, 0.05) is 7.05 Å². The molecule has 3 N–H and O–H groups in total. The van der Waals surface area contributed by atoms with Crippen LogP contribution in [0.3, 0.4) is 0 Å². The molecule has 1 heterocycles. The zero-order valence-electron chi connectivity index (χ0n) is 17.2. The molecule has 0 saturated carbocycles. The van der Waals surface area contributed by atoms with Crippen LogP contribution in [-0.4, -0.2) is 56.4 Å². The highest BCUT2D eigenvalue weighted by molar-refractivity contribution is 8.18. The molecule has 1 aliphatic heterocycles. The molecular formula is C22H20N2O7S. The summed E-state index contributed by atoms with van der Waals surface area (Å²) in [5.74, 6) is -2.48.